The van der Waals surface area contributed by atoms with E-state index in [0.29, 0.717) is 44.0 Å². The van der Waals surface area contributed by atoms with Gasteiger partial charge in [-0.3, -0.25) is 14.4 Å². The summed E-state index contributed by atoms with van der Waals surface area (Å²) in [7, 11) is 7.17. The second-order valence-corrected chi connectivity index (χ2v) is 11.5. The van der Waals surface area contributed by atoms with Crippen LogP contribution in [0.4, 0.5) is 16.4 Å². The third-order valence-corrected chi connectivity index (χ3v) is 8.15. The van der Waals surface area contributed by atoms with Crippen LogP contribution in [0.15, 0.2) is 48.8 Å². The largest absolute Gasteiger partial charge is 0.453 e. The molecule has 0 unspecified atom stereocenters. The van der Waals surface area contributed by atoms with Gasteiger partial charge in [0.1, 0.15) is 23.7 Å². The van der Waals surface area contributed by atoms with E-state index in [-0.39, 0.29) is 29.7 Å². The first-order valence-electron chi connectivity index (χ1n) is 14.8. The Hall–Kier alpha value is -4.52. The van der Waals surface area contributed by atoms with Crippen LogP contribution < -0.4 is 16.0 Å². The van der Waals surface area contributed by atoms with Crippen LogP contribution in [-0.4, -0.2) is 89.8 Å². The fourth-order valence-corrected chi connectivity index (χ4v) is 5.70. The molecule has 0 aliphatic carbocycles. The van der Waals surface area contributed by atoms with Crippen molar-refractivity contribution >= 4 is 54.2 Å². The number of nitrogens with zero attached hydrogens (tertiary/aromatic N) is 4. The van der Waals surface area contributed by atoms with Crippen molar-refractivity contribution in [1.82, 2.24) is 25.0 Å². The average Bonchev–Trinajstić information content (AvgIpc) is 3.69. The van der Waals surface area contributed by atoms with E-state index in [9.17, 15) is 19.2 Å². The molecule has 2 saturated heterocycles. The number of ether oxygens (including phenoxy) is 1. The highest BCUT2D eigenvalue weighted by atomic mass is 16.5. The van der Waals surface area contributed by atoms with E-state index in [2.05, 4.69) is 30.7 Å². The number of methoxy groups -OCH3 is 1. The Labute approximate surface area is 257 Å². The lowest BCUT2D eigenvalue weighted by Crippen LogP contribution is -2.54. The van der Waals surface area contributed by atoms with Crippen molar-refractivity contribution in [3.05, 3.63) is 48.8 Å². The van der Waals surface area contributed by atoms with E-state index in [1.807, 2.05) is 44.2 Å². The van der Waals surface area contributed by atoms with E-state index in [0.717, 1.165) is 28.3 Å². The Balaban J connectivity index is 1.25. The van der Waals surface area contributed by atoms with E-state index in [1.54, 1.807) is 23.3 Å². The molecule has 5 rings (SSSR count). The maximum atomic E-state index is 13.3. The molecule has 4 amide bonds. The number of alkyl carbamates (subject to hydrolysis) is 1. The van der Waals surface area contributed by atoms with E-state index in [4.69, 9.17) is 7.98 Å². The van der Waals surface area contributed by atoms with Crippen LogP contribution in [-0.2, 0) is 19.1 Å². The fourth-order valence-electron chi connectivity index (χ4n) is 5.70. The van der Waals surface area contributed by atoms with Crippen LogP contribution in [0, 0.1) is 5.92 Å². The maximum Gasteiger partial charge on any atom is 0.407 e. The highest BCUT2D eigenvalue weighted by Gasteiger charge is 2.39. The van der Waals surface area contributed by atoms with Crippen molar-refractivity contribution in [1.29, 1.82) is 0 Å². The summed E-state index contributed by atoms with van der Waals surface area (Å²) in [5.41, 5.74) is 1.74. The van der Waals surface area contributed by atoms with E-state index >= 15 is 0 Å². The smallest absolute Gasteiger partial charge is 0.407 e. The minimum Gasteiger partial charge on any atom is -0.453 e. The van der Waals surface area contributed by atoms with Gasteiger partial charge in [-0.05, 0) is 73.4 Å². The zero-order valence-corrected chi connectivity index (χ0v) is 25.1. The molecule has 2 aliphatic rings. The Morgan fingerprint density at radius 3 is 2.23 bits per heavy atom. The molecule has 44 heavy (non-hydrogen) atoms. The molecule has 2 radical (unpaired) electrons. The Morgan fingerprint density at radius 2 is 1.55 bits per heavy atom. The summed E-state index contributed by atoms with van der Waals surface area (Å²) in [6.07, 6.45) is 5.47. The third-order valence-electron chi connectivity index (χ3n) is 8.15. The minimum atomic E-state index is -0.804. The zero-order valence-electron chi connectivity index (χ0n) is 25.1. The van der Waals surface area contributed by atoms with Gasteiger partial charge in [-0.1, -0.05) is 26.0 Å². The van der Waals surface area contributed by atoms with Gasteiger partial charge in [-0.2, -0.15) is 0 Å². The number of hydrogen-bond acceptors (Lipinski definition) is 8. The van der Waals surface area contributed by atoms with Crippen molar-refractivity contribution in [3.8, 4) is 11.1 Å². The molecule has 0 spiro atoms. The fraction of sp³-hybridized carbons (Fsp3) is 0.419. The van der Waals surface area contributed by atoms with Gasteiger partial charge in [-0.15, -0.1) is 0 Å². The van der Waals surface area contributed by atoms with Crippen LogP contribution in [0.3, 0.4) is 0 Å². The number of hydrogen-bond donors (Lipinski definition) is 3. The van der Waals surface area contributed by atoms with Crippen molar-refractivity contribution in [2.75, 3.05) is 30.8 Å². The molecule has 0 saturated carbocycles. The first-order valence-corrected chi connectivity index (χ1v) is 14.8. The molecule has 3 aromatic rings. The normalized spacial score (nSPS) is 19.1. The van der Waals surface area contributed by atoms with Crippen molar-refractivity contribution < 1.29 is 23.9 Å². The highest BCUT2D eigenvalue weighted by Crippen LogP contribution is 2.27. The van der Waals surface area contributed by atoms with Crippen molar-refractivity contribution in [2.24, 2.45) is 5.92 Å². The number of carbonyl (C=O) groups is 4. The van der Waals surface area contributed by atoms with E-state index in [1.165, 1.54) is 12.0 Å². The molecular formula is C31H36BN7O5. The maximum absolute atomic E-state index is 13.3. The number of rotatable bonds is 8. The quantitative estimate of drug-likeness (QED) is 0.336. The van der Waals surface area contributed by atoms with Gasteiger partial charge in [0, 0.05) is 29.9 Å². The van der Waals surface area contributed by atoms with Crippen molar-refractivity contribution in [3.63, 3.8) is 0 Å². The highest BCUT2D eigenvalue weighted by molar-refractivity contribution is 6.08. The lowest BCUT2D eigenvalue weighted by atomic mass is 10.0. The molecule has 12 nitrogen and oxygen atoms in total. The molecule has 228 valence electrons. The van der Waals surface area contributed by atoms with Gasteiger partial charge in [-0.25, -0.2) is 14.8 Å². The molecule has 2 aromatic heterocycles. The van der Waals surface area contributed by atoms with Gasteiger partial charge in [0.05, 0.1) is 13.2 Å². The molecule has 3 atom stereocenters. The number of nitrogens with one attached hydrogen (secondary N) is 3. The van der Waals surface area contributed by atoms with Crippen LogP contribution in [0.2, 0.25) is 0 Å². The summed E-state index contributed by atoms with van der Waals surface area (Å²) < 4.78 is 4.67. The number of likely N-dealkylation sites (tertiary alicyclic amines) is 1. The van der Waals surface area contributed by atoms with E-state index < -0.39 is 18.2 Å². The molecule has 3 N–H and O–H groups in total. The summed E-state index contributed by atoms with van der Waals surface area (Å²) in [6.45, 7) is 4.76. The number of carbonyl (C=O) groups excluding carboxylic acids is 4. The third kappa shape index (κ3) is 6.83. The Bertz CT molecular complexity index is 1550. The lowest BCUT2D eigenvalue weighted by molar-refractivity contribution is -0.139. The van der Waals surface area contributed by atoms with Crippen LogP contribution in [0.25, 0.3) is 21.9 Å². The lowest BCUT2D eigenvalue weighted by Gasteiger charge is -2.30. The molecule has 1 aromatic carbocycles. The predicted octanol–water partition coefficient (Wildman–Crippen LogP) is 3.09. The number of fused-ring (bicyclic) bond motifs is 1. The summed E-state index contributed by atoms with van der Waals surface area (Å²) >= 11 is 0. The first kappa shape index (κ1) is 30.9. The first-order chi connectivity index (χ1) is 21.1. The molecule has 13 heteroatoms. The predicted molar refractivity (Wildman–Crippen MR) is 167 cm³/mol. The second kappa shape index (κ2) is 13.4. The zero-order chi connectivity index (χ0) is 31.4. The van der Waals surface area contributed by atoms with Gasteiger partial charge < -0.3 is 30.4 Å². The molecule has 4 heterocycles. The number of aromatic nitrogens is 2. The minimum absolute atomic E-state index is 0.169. The number of anilines is 2. The number of pyridine rings is 2. The van der Waals surface area contributed by atoms with Gasteiger partial charge in [0.2, 0.25) is 17.7 Å². The molecular weight excluding hydrogens is 561 g/mol. The number of amides is 4. The Kier molecular flexibility index (Phi) is 9.43. The summed E-state index contributed by atoms with van der Waals surface area (Å²) in [5, 5.41) is 10.1. The Morgan fingerprint density at radius 1 is 0.864 bits per heavy atom. The van der Waals surface area contributed by atoms with Crippen LogP contribution >= 0.6 is 0 Å². The monoisotopic (exact) mass is 597 g/mol. The molecule has 2 fully saturated rings. The SMILES string of the molecule is [B]N1CCC[C@H]1C(=O)Nc1cc2cc(-c3ccc(NC(=O)[C@@H]4CCCN4C(=O)[C@@H](NC(=O)OC)C(C)C)nc3)ccc2cn1. The number of benzene rings is 1. The topological polar surface area (TPSA) is 146 Å². The van der Waals surface area contributed by atoms with Crippen LogP contribution in [0.5, 0.6) is 0 Å². The standard InChI is InChI=1S/C31H36BN7O5/c1-18(2)27(37-31(43)44-3)30(42)38-12-4-6-23(38)28(40)35-25-11-10-20(16-33-25)19-8-9-21-17-34-26(15-22(21)14-19)36-29(41)24-7-5-13-39(24)32/h8-11,14-18,23-24,27H,4-7,12-13H2,1-3H3,(H,37,43)(H,33,35,40)(H,34,36,41)/t23-,24-,27-/m0/s1. The molecule has 2 aliphatic heterocycles. The van der Waals surface area contributed by atoms with Gasteiger partial charge >= 0.3 is 6.09 Å². The van der Waals surface area contributed by atoms with Gasteiger partial charge in [0.15, 0.2) is 7.98 Å². The van der Waals surface area contributed by atoms with Gasteiger partial charge in [0.25, 0.3) is 0 Å². The summed E-state index contributed by atoms with van der Waals surface area (Å²) in [6, 6.07) is 9.46. The summed E-state index contributed by atoms with van der Waals surface area (Å²) in [5.74, 6) is -0.193. The summed E-state index contributed by atoms with van der Waals surface area (Å²) in [4.78, 5) is 62.8. The molecule has 0 bridgehead atoms. The second-order valence-electron chi connectivity index (χ2n) is 11.5. The average molecular weight is 597 g/mol. The van der Waals surface area contributed by atoms with Crippen LogP contribution in [0.1, 0.15) is 39.5 Å². The van der Waals surface area contributed by atoms with Crippen molar-refractivity contribution in [2.45, 2.75) is 57.7 Å².